The Hall–Kier alpha value is -3.60. The Balaban J connectivity index is 1.35. The molecule has 1 aliphatic carbocycles. The van der Waals surface area contributed by atoms with Crippen LogP contribution in [0, 0.1) is 5.92 Å². The molecule has 1 aliphatic rings. The maximum absolute atomic E-state index is 12.5. The average Bonchev–Trinajstić information content (AvgIpc) is 3.65. The highest BCUT2D eigenvalue weighted by Gasteiger charge is 2.32. The average molecular weight is 520 g/mol. The van der Waals surface area contributed by atoms with Gasteiger partial charge in [0, 0.05) is 23.9 Å². The summed E-state index contributed by atoms with van der Waals surface area (Å²) in [5.74, 6) is 0.111. The minimum Gasteiger partial charge on any atom is -0.492 e. The molecule has 1 unspecified atom stereocenters. The van der Waals surface area contributed by atoms with Crippen LogP contribution >= 0.6 is 0 Å². The van der Waals surface area contributed by atoms with Crippen LogP contribution in [0.2, 0.25) is 0 Å². The van der Waals surface area contributed by atoms with Gasteiger partial charge in [-0.3, -0.25) is 0 Å². The molecule has 0 N–H and O–H groups in total. The minimum atomic E-state index is -4.54. The van der Waals surface area contributed by atoms with Gasteiger partial charge in [0.25, 0.3) is 0 Å². The zero-order chi connectivity index (χ0) is 26.4. The third kappa shape index (κ3) is 7.22. The molecule has 1 aromatic carbocycles. The minimum absolute atomic E-state index is 0.0540. The summed E-state index contributed by atoms with van der Waals surface area (Å²) in [5, 5.41) is 5.18. The molecule has 0 saturated heterocycles. The van der Waals surface area contributed by atoms with Gasteiger partial charge in [-0.2, -0.15) is 13.2 Å². The molecule has 1 atom stereocenters. The fourth-order valence-electron chi connectivity index (χ4n) is 3.90. The number of carbonyl (C=O) groups excluding carboxylic acids is 1. The van der Waals surface area contributed by atoms with E-state index in [0.29, 0.717) is 30.4 Å². The molecular weight excluding hydrogens is 491 g/mol. The van der Waals surface area contributed by atoms with E-state index in [1.807, 2.05) is 29.0 Å². The van der Waals surface area contributed by atoms with Crippen molar-refractivity contribution in [2.24, 2.45) is 11.1 Å². The van der Waals surface area contributed by atoms with Gasteiger partial charge in [0.05, 0.1) is 19.3 Å². The van der Waals surface area contributed by atoms with E-state index in [0.717, 1.165) is 42.4 Å². The van der Waals surface area contributed by atoms with Gasteiger partial charge in [-0.15, -0.1) is 0 Å². The highest BCUT2D eigenvalue weighted by Crippen LogP contribution is 2.33. The van der Waals surface area contributed by atoms with E-state index in [-0.39, 0.29) is 6.42 Å². The summed E-state index contributed by atoms with van der Waals surface area (Å²) < 4.78 is 54.6. The van der Waals surface area contributed by atoms with Crippen LogP contribution in [0.4, 0.5) is 13.2 Å². The first-order valence-electron chi connectivity index (χ1n) is 11.8. The summed E-state index contributed by atoms with van der Waals surface area (Å²) in [6.45, 7) is -0.604. The molecule has 198 valence electrons. The molecule has 2 aromatic heterocycles. The van der Waals surface area contributed by atoms with Gasteiger partial charge < -0.3 is 23.6 Å². The number of aromatic nitrogens is 2. The number of alkyl halides is 3. The number of carbonyl (C=O) groups is 1. The number of oxime groups is 1. The van der Waals surface area contributed by atoms with Crippen molar-refractivity contribution in [1.82, 2.24) is 9.55 Å². The van der Waals surface area contributed by atoms with Crippen LogP contribution in [-0.4, -0.2) is 60.9 Å². The molecule has 0 amide bonds. The number of hydrogen-bond donors (Lipinski definition) is 0. The van der Waals surface area contributed by atoms with Crippen molar-refractivity contribution in [3.63, 3.8) is 0 Å². The molecular formula is C26H28F3N3O5. The summed E-state index contributed by atoms with van der Waals surface area (Å²) in [6, 6.07) is 12.7. The first-order chi connectivity index (χ1) is 17.8. The number of fused-ring (bicyclic) bond motifs is 1. The standard InChI is InChI=1S/C26H28F3N3O5/c1-34-25(33)22(37-16-26(27,28)29)15-17-3-8-20(9-4-17)36-14-13-32-12-11-19-7-10-21(30-24(19)32)23(31-35-2)18-5-6-18/h3-4,7-12,18,22H,5-6,13-16H2,1-2H3. The van der Waals surface area contributed by atoms with Gasteiger partial charge in [0.1, 0.15) is 37.4 Å². The molecule has 11 heteroatoms. The van der Waals surface area contributed by atoms with E-state index in [4.69, 9.17) is 19.3 Å². The predicted octanol–water partition coefficient (Wildman–Crippen LogP) is 4.54. The molecule has 8 nitrogen and oxygen atoms in total. The van der Waals surface area contributed by atoms with Crippen molar-refractivity contribution in [1.29, 1.82) is 0 Å². The quantitative estimate of drug-likeness (QED) is 0.199. The summed E-state index contributed by atoms with van der Waals surface area (Å²) in [7, 11) is 2.64. The second-order valence-electron chi connectivity index (χ2n) is 8.69. The lowest BCUT2D eigenvalue weighted by atomic mass is 10.1. The summed E-state index contributed by atoms with van der Waals surface area (Å²) in [5.41, 5.74) is 3.11. The number of esters is 1. The number of ether oxygens (including phenoxy) is 3. The Labute approximate surface area is 212 Å². The third-order valence-corrected chi connectivity index (χ3v) is 5.89. The SMILES string of the molecule is CON=C(c1ccc2ccn(CCOc3ccc(CC(OCC(F)(F)F)C(=O)OC)cc3)c2n1)C1CC1. The van der Waals surface area contributed by atoms with Gasteiger partial charge in [-0.05, 0) is 48.7 Å². The van der Waals surface area contributed by atoms with Gasteiger partial charge in [-0.1, -0.05) is 17.3 Å². The van der Waals surface area contributed by atoms with E-state index in [1.54, 1.807) is 24.3 Å². The molecule has 0 radical (unpaired) electrons. The van der Waals surface area contributed by atoms with E-state index < -0.39 is 24.9 Å². The molecule has 1 fully saturated rings. The van der Waals surface area contributed by atoms with Crippen LogP contribution in [0.15, 0.2) is 53.8 Å². The van der Waals surface area contributed by atoms with E-state index in [9.17, 15) is 18.0 Å². The number of nitrogens with zero attached hydrogens (tertiary/aromatic N) is 3. The second-order valence-corrected chi connectivity index (χ2v) is 8.69. The molecule has 0 spiro atoms. The first-order valence-corrected chi connectivity index (χ1v) is 11.8. The van der Waals surface area contributed by atoms with E-state index in [1.165, 1.54) is 7.11 Å². The monoisotopic (exact) mass is 519 g/mol. The second kappa shape index (κ2) is 11.6. The van der Waals surface area contributed by atoms with Crippen LogP contribution in [0.1, 0.15) is 24.1 Å². The topological polar surface area (TPSA) is 84.2 Å². The van der Waals surface area contributed by atoms with Crippen molar-refractivity contribution in [3.05, 3.63) is 59.9 Å². The van der Waals surface area contributed by atoms with Crippen molar-refractivity contribution in [2.75, 3.05) is 27.4 Å². The lowest BCUT2D eigenvalue weighted by Crippen LogP contribution is -2.32. The van der Waals surface area contributed by atoms with Crippen molar-refractivity contribution in [3.8, 4) is 5.75 Å². The van der Waals surface area contributed by atoms with E-state index >= 15 is 0 Å². The fraction of sp³-hybridized carbons (Fsp3) is 0.423. The van der Waals surface area contributed by atoms with Gasteiger partial charge >= 0.3 is 12.1 Å². The van der Waals surface area contributed by atoms with Gasteiger partial charge in [0.15, 0.2) is 6.10 Å². The Morgan fingerprint density at radius 2 is 1.89 bits per heavy atom. The number of hydrogen-bond acceptors (Lipinski definition) is 7. The molecule has 2 heterocycles. The fourth-order valence-corrected chi connectivity index (χ4v) is 3.90. The number of pyridine rings is 1. The highest BCUT2D eigenvalue weighted by atomic mass is 19.4. The lowest BCUT2D eigenvalue weighted by Gasteiger charge is -2.17. The maximum Gasteiger partial charge on any atom is 0.411 e. The Bertz CT molecular complexity index is 1240. The van der Waals surface area contributed by atoms with Gasteiger partial charge in [0.2, 0.25) is 0 Å². The Morgan fingerprint density at radius 1 is 1.14 bits per heavy atom. The van der Waals surface area contributed by atoms with Crippen LogP contribution in [0.25, 0.3) is 11.0 Å². The lowest BCUT2D eigenvalue weighted by molar-refractivity contribution is -0.193. The smallest absolute Gasteiger partial charge is 0.411 e. The van der Waals surface area contributed by atoms with Crippen LogP contribution in [0.3, 0.4) is 0 Å². The van der Waals surface area contributed by atoms with Crippen LogP contribution in [-0.2, 0) is 32.1 Å². The molecule has 37 heavy (non-hydrogen) atoms. The zero-order valence-electron chi connectivity index (χ0n) is 20.5. The largest absolute Gasteiger partial charge is 0.492 e. The molecule has 0 aliphatic heterocycles. The Morgan fingerprint density at radius 3 is 2.54 bits per heavy atom. The normalized spacial score (nSPS) is 15.0. The highest BCUT2D eigenvalue weighted by molar-refractivity contribution is 6.03. The van der Waals surface area contributed by atoms with Crippen molar-refractivity contribution < 1.29 is 37.0 Å². The molecule has 1 saturated carbocycles. The molecule has 4 rings (SSSR count). The predicted molar refractivity (Wildman–Crippen MR) is 129 cm³/mol. The number of rotatable bonds is 12. The maximum atomic E-state index is 12.5. The van der Waals surface area contributed by atoms with Crippen LogP contribution in [0.5, 0.6) is 5.75 Å². The van der Waals surface area contributed by atoms with Crippen molar-refractivity contribution in [2.45, 2.75) is 38.1 Å². The number of methoxy groups -OCH3 is 1. The molecule has 3 aromatic rings. The van der Waals surface area contributed by atoms with E-state index in [2.05, 4.69) is 9.89 Å². The Kier molecular flexibility index (Phi) is 8.32. The van der Waals surface area contributed by atoms with Gasteiger partial charge in [-0.25, -0.2) is 9.78 Å². The number of benzene rings is 1. The van der Waals surface area contributed by atoms with Crippen molar-refractivity contribution >= 4 is 22.7 Å². The van der Waals surface area contributed by atoms with Crippen LogP contribution < -0.4 is 4.74 Å². The third-order valence-electron chi connectivity index (χ3n) is 5.89. The first kappa shape index (κ1) is 26.5. The summed E-state index contributed by atoms with van der Waals surface area (Å²) >= 11 is 0. The number of halogens is 3. The molecule has 0 bridgehead atoms. The summed E-state index contributed by atoms with van der Waals surface area (Å²) in [4.78, 5) is 21.6. The summed E-state index contributed by atoms with van der Waals surface area (Å²) in [6.07, 6.45) is -1.83. The zero-order valence-corrected chi connectivity index (χ0v) is 20.5.